The van der Waals surface area contributed by atoms with Gasteiger partial charge in [-0.1, -0.05) is 72.8 Å². The van der Waals surface area contributed by atoms with Gasteiger partial charge in [-0.3, -0.25) is 0 Å². The van der Waals surface area contributed by atoms with Crippen LogP contribution in [-0.4, -0.2) is 10.2 Å². The second-order valence-electron chi connectivity index (χ2n) is 6.43. The topological polar surface area (TPSA) is 44.2 Å². The molecule has 0 amide bonds. The minimum Gasteiger partial charge on any atom is -0.483 e. The Balaban J connectivity index is 1.61. The molecule has 0 aliphatic carbocycles. The second-order valence-corrected chi connectivity index (χ2v) is 6.43. The lowest BCUT2D eigenvalue weighted by atomic mass is 10.1. The van der Waals surface area contributed by atoms with Gasteiger partial charge in [0, 0.05) is 11.6 Å². The van der Waals surface area contributed by atoms with E-state index in [-0.39, 0.29) is 11.7 Å². The highest BCUT2D eigenvalue weighted by atomic mass is 19.1. The monoisotopic (exact) mass is 386 g/mol. The molecule has 29 heavy (non-hydrogen) atoms. The first-order valence-corrected chi connectivity index (χ1v) is 9.25. The Morgan fingerprint density at radius 2 is 1.24 bits per heavy atom. The summed E-state index contributed by atoms with van der Waals surface area (Å²) >= 11 is 0. The van der Waals surface area contributed by atoms with Crippen molar-refractivity contribution in [3.8, 4) is 22.9 Å². The van der Waals surface area contributed by atoms with Gasteiger partial charge in [0.1, 0.15) is 19.0 Å². The van der Waals surface area contributed by atoms with Crippen molar-refractivity contribution in [1.29, 1.82) is 0 Å². The highest BCUT2D eigenvalue weighted by Crippen LogP contribution is 2.31. The first kappa shape index (κ1) is 18.6. The molecule has 0 unspecified atom stereocenters. The summed E-state index contributed by atoms with van der Waals surface area (Å²) in [5.74, 6) is 0.316. The molecule has 0 radical (unpaired) electrons. The van der Waals surface area contributed by atoms with Gasteiger partial charge >= 0.3 is 0 Å². The summed E-state index contributed by atoms with van der Waals surface area (Å²) in [5, 5.41) is 8.30. The maximum atomic E-state index is 14.2. The molecule has 0 N–H and O–H groups in total. The quantitative estimate of drug-likeness (QED) is 0.424. The Morgan fingerprint density at radius 1 is 0.655 bits per heavy atom. The van der Waals surface area contributed by atoms with Crippen molar-refractivity contribution >= 4 is 0 Å². The zero-order valence-corrected chi connectivity index (χ0v) is 15.7. The van der Waals surface area contributed by atoms with Gasteiger partial charge in [0.25, 0.3) is 5.88 Å². The molecule has 1 heterocycles. The number of nitrogens with zero attached hydrogens (tertiary/aromatic N) is 2. The summed E-state index contributed by atoms with van der Waals surface area (Å²) in [5.41, 5.74) is 2.75. The molecule has 1 aromatic heterocycles. The summed E-state index contributed by atoms with van der Waals surface area (Å²) < 4.78 is 26.0. The van der Waals surface area contributed by atoms with E-state index >= 15 is 0 Å². The minimum absolute atomic E-state index is 0.268. The number of rotatable bonds is 7. The lowest BCUT2D eigenvalue weighted by Gasteiger charge is -2.13. The van der Waals surface area contributed by atoms with Crippen LogP contribution in [0.15, 0.2) is 91.0 Å². The van der Waals surface area contributed by atoms with Crippen LogP contribution in [0.1, 0.15) is 11.1 Å². The van der Waals surface area contributed by atoms with Crippen molar-refractivity contribution in [3.63, 3.8) is 0 Å². The van der Waals surface area contributed by atoms with E-state index in [0.717, 1.165) is 11.1 Å². The molecule has 0 saturated carbocycles. The average molecular weight is 386 g/mol. The molecule has 0 saturated heterocycles. The van der Waals surface area contributed by atoms with Crippen LogP contribution in [0, 0.1) is 5.82 Å². The Hall–Kier alpha value is -3.73. The maximum Gasteiger partial charge on any atom is 0.276 e. The van der Waals surface area contributed by atoms with E-state index in [9.17, 15) is 4.39 Å². The smallest absolute Gasteiger partial charge is 0.276 e. The van der Waals surface area contributed by atoms with Crippen molar-refractivity contribution in [2.75, 3.05) is 0 Å². The van der Waals surface area contributed by atoms with Gasteiger partial charge in [0.05, 0.1) is 5.69 Å². The number of halogens is 1. The molecule has 5 heteroatoms. The lowest BCUT2D eigenvalue weighted by Crippen LogP contribution is -2.04. The maximum absolute atomic E-state index is 14.2. The van der Waals surface area contributed by atoms with Gasteiger partial charge in [0.15, 0.2) is 5.75 Å². The van der Waals surface area contributed by atoms with Gasteiger partial charge in [-0.15, -0.1) is 10.2 Å². The zero-order valence-electron chi connectivity index (χ0n) is 15.7. The summed E-state index contributed by atoms with van der Waals surface area (Å²) in [6.45, 7) is 0.668. The van der Waals surface area contributed by atoms with Gasteiger partial charge in [-0.25, -0.2) is 4.39 Å². The van der Waals surface area contributed by atoms with Crippen LogP contribution in [0.2, 0.25) is 0 Å². The number of hydrogen-bond acceptors (Lipinski definition) is 4. The Labute approximate surface area is 168 Å². The number of benzene rings is 3. The third-order valence-corrected chi connectivity index (χ3v) is 4.33. The molecule has 4 rings (SSSR count). The normalized spacial score (nSPS) is 10.5. The van der Waals surface area contributed by atoms with Gasteiger partial charge in [-0.2, -0.15) is 0 Å². The van der Waals surface area contributed by atoms with Crippen molar-refractivity contribution < 1.29 is 13.9 Å². The molecule has 144 valence electrons. The molecule has 0 aliphatic rings. The molecule has 0 aliphatic heterocycles. The van der Waals surface area contributed by atoms with Gasteiger partial charge in [-0.05, 0) is 23.3 Å². The van der Waals surface area contributed by atoms with Crippen molar-refractivity contribution in [2.45, 2.75) is 13.2 Å². The molecular weight excluding hydrogens is 367 g/mol. The summed E-state index contributed by atoms with van der Waals surface area (Å²) in [7, 11) is 0. The molecule has 4 nitrogen and oxygen atoms in total. The standard InChI is InChI=1S/C24H19FN2O2/c25-21-14-8-7-13-20(21)22-15-23(28-16-18-9-3-1-4-10-18)24(27-26-22)29-17-19-11-5-2-6-12-19/h1-15H,16-17H2. The summed E-state index contributed by atoms with van der Waals surface area (Å²) in [4.78, 5) is 0. The van der Waals surface area contributed by atoms with Crippen LogP contribution >= 0.6 is 0 Å². The lowest BCUT2D eigenvalue weighted by molar-refractivity contribution is 0.244. The third-order valence-electron chi connectivity index (χ3n) is 4.33. The largest absolute Gasteiger partial charge is 0.483 e. The van der Waals surface area contributed by atoms with Gasteiger partial charge < -0.3 is 9.47 Å². The van der Waals surface area contributed by atoms with Crippen LogP contribution in [0.5, 0.6) is 11.6 Å². The van der Waals surface area contributed by atoms with E-state index in [1.807, 2.05) is 60.7 Å². The predicted molar refractivity (Wildman–Crippen MR) is 109 cm³/mol. The van der Waals surface area contributed by atoms with Crippen molar-refractivity contribution in [2.24, 2.45) is 0 Å². The fourth-order valence-electron chi connectivity index (χ4n) is 2.83. The van der Waals surface area contributed by atoms with Gasteiger partial charge in [0.2, 0.25) is 0 Å². The Bertz CT molecular complexity index is 1070. The number of aromatic nitrogens is 2. The van der Waals surface area contributed by atoms with Crippen LogP contribution in [0.4, 0.5) is 4.39 Å². The van der Waals surface area contributed by atoms with E-state index in [1.54, 1.807) is 24.3 Å². The number of hydrogen-bond donors (Lipinski definition) is 0. The molecule has 0 fully saturated rings. The van der Waals surface area contributed by atoms with Crippen LogP contribution in [0.25, 0.3) is 11.3 Å². The minimum atomic E-state index is -0.367. The van der Waals surface area contributed by atoms with E-state index in [2.05, 4.69) is 10.2 Å². The fourth-order valence-corrected chi connectivity index (χ4v) is 2.83. The Morgan fingerprint density at radius 3 is 1.90 bits per heavy atom. The summed E-state index contributed by atoms with van der Waals surface area (Å²) in [6.07, 6.45) is 0. The zero-order chi connectivity index (χ0) is 19.9. The highest BCUT2D eigenvalue weighted by Gasteiger charge is 2.14. The Kier molecular flexibility index (Phi) is 5.76. The molecule has 0 bridgehead atoms. The van der Waals surface area contributed by atoms with Crippen LogP contribution < -0.4 is 9.47 Å². The first-order valence-electron chi connectivity index (χ1n) is 9.25. The highest BCUT2D eigenvalue weighted by molar-refractivity contribution is 5.61. The molecule has 0 spiro atoms. The average Bonchev–Trinajstić information content (AvgIpc) is 2.78. The predicted octanol–water partition coefficient (Wildman–Crippen LogP) is 5.44. The van der Waals surface area contributed by atoms with Crippen molar-refractivity contribution in [1.82, 2.24) is 10.2 Å². The molecule has 4 aromatic rings. The fraction of sp³-hybridized carbons (Fsp3) is 0.0833. The number of ether oxygens (including phenoxy) is 2. The molecular formula is C24H19FN2O2. The first-order chi connectivity index (χ1) is 14.3. The van der Waals surface area contributed by atoms with Crippen molar-refractivity contribution in [3.05, 3.63) is 108 Å². The second kappa shape index (κ2) is 8.97. The SMILES string of the molecule is Fc1ccccc1-c1cc(OCc2ccccc2)c(OCc2ccccc2)nn1. The van der Waals surface area contributed by atoms with E-state index in [0.29, 0.717) is 30.2 Å². The van der Waals surface area contributed by atoms with E-state index in [1.165, 1.54) is 6.07 Å². The molecule has 3 aromatic carbocycles. The van der Waals surface area contributed by atoms with E-state index < -0.39 is 0 Å². The third kappa shape index (κ3) is 4.76. The van der Waals surface area contributed by atoms with E-state index in [4.69, 9.17) is 9.47 Å². The summed E-state index contributed by atoms with van der Waals surface area (Å²) in [6, 6.07) is 27.6. The van der Waals surface area contributed by atoms with Crippen LogP contribution in [0.3, 0.4) is 0 Å². The molecule has 0 atom stereocenters. The van der Waals surface area contributed by atoms with Crippen LogP contribution in [-0.2, 0) is 13.2 Å².